The average molecular weight is 363 g/mol. The van der Waals surface area contributed by atoms with Gasteiger partial charge in [0.2, 0.25) is 0 Å². The molecule has 140 valence electrons. The third-order valence-corrected chi connectivity index (χ3v) is 4.25. The van der Waals surface area contributed by atoms with Gasteiger partial charge in [-0.3, -0.25) is 5.32 Å². The van der Waals surface area contributed by atoms with Gasteiger partial charge in [-0.2, -0.15) is 0 Å². The molecule has 0 aliphatic carbocycles. The SMILES string of the molecule is CC(C)(C)c1cc(NC(=O)Nc2ccc(CCc3ccccc3)cc2)no1. The predicted octanol–water partition coefficient (Wildman–Crippen LogP) is 5.40. The van der Waals surface area contributed by atoms with E-state index in [9.17, 15) is 4.79 Å². The highest BCUT2D eigenvalue weighted by atomic mass is 16.5. The van der Waals surface area contributed by atoms with Crippen molar-refractivity contribution in [2.24, 2.45) is 0 Å². The zero-order chi connectivity index (χ0) is 19.3. The van der Waals surface area contributed by atoms with Crippen LogP contribution in [-0.4, -0.2) is 11.2 Å². The lowest BCUT2D eigenvalue weighted by atomic mass is 9.93. The Balaban J connectivity index is 1.51. The lowest BCUT2D eigenvalue weighted by Crippen LogP contribution is -2.19. The van der Waals surface area contributed by atoms with E-state index in [1.807, 2.05) is 51.1 Å². The molecule has 0 radical (unpaired) electrons. The molecule has 0 saturated heterocycles. The third-order valence-electron chi connectivity index (χ3n) is 4.25. The van der Waals surface area contributed by atoms with Crippen molar-refractivity contribution < 1.29 is 9.32 Å². The maximum atomic E-state index is 12.1. The highest BCUT2D eigenvalue weighted by Crippen LogP contribution is 2.24. The standard InChI is InChI=1S/C22H25N3O2/c1-22(2,3)19-15-20(25-27-19)24-21(26)23-18-13-11-17(12-14-18)10-9-16-7-5-4-6-8-16/h4-8,11-15H,9-10H2,1-3H3,(H2,23,24,25,26). The van der Waals surface area contributed by atoms with Crippen molar-refractivity contribution in [2.75, 3.05) is 10.6 Å². The number of carbonyl (C=O) groups excluding carboxylic acids is 1. The number of carbonyl (C=O) groups is 1. The van der Waals surface area contributed by atoms with Crippen molar-refractivity contribution in [3.8, 4) is 0 Å². The molecule has 1 aromatic heterocycles. The number of amides is 2. The van der Waals surface area contributed by atoms with Crippen molar-refractivity contribution in [1.82, 2.24) is 5.16 Å². The summed E-state index contributed by atoms with van der Waals surface area (Å²) >= 11 is 0. The summed E-state index contributed by atoms with van der Waals surface area (Å²) in [5.74, 6) is 1.12. The number of urea groups is 1. The van der Waals surface area contributed by atoms with Gasteiger partial charge < -0.3 is 9.84 Å². The van der Waals surface area contributed by atoms with E-state index in [1.54, 1.807) is 6.07 Å². The van der Waals surface area contributed by atoms with Crippen LogP contribution in [0, 0.1) is 0 Å². The number of benzene rings is 2. The van der Waals surface area contributed by atoms with Crippen LogP contribution in [0.5, 0.6) is 0 Å². The minimum Gasteiger partial charge on any atom is -0.359 e. The molecule has 2 aromatic carbocycles. The Morgan fingerprint density at radius 1 is 0.926 bits per heavy atom. The molecule has 0 unspecified atom stereocenters. The van der Waals surface area contributed by atoms with Crippen LogP contribution in [0.15, 0.2) is 65.2 Å². The van der Waals surface area contributed by atoms with E-state index in [2.05, 4.69) is 40.1 Å². The summed E-state index contributed by atoms with van der Waals surface area (Å²) in [5, 5.41) is 9.38. The number of nitrogens with one attached hydrogen (secondary N) is 2. The van der Waals surface area contributed by atoms with Crippen molar-refractivity contribution >= 4 is 17.5 Å². The monoisotopic (exact) mass is 363 g/mol. The smallest absolute Gasteiger partial charge is 0.324 e. The largest absolute Gasteiger partial charge is 0.359 e. The van der Waals surface area contributed by atoms with E-state index in [4.69, 9.17) is 4.52 Å². The van der Waals surface area contributed by atoms with Gasteiger partial charge in [0, 0.05) is 17.2 Å². The number of hydrogen-bond acceptors (Lipinski definition) is 3. The maximum absolute atomic E-state index is 12.1. The molecule has 0 spiro atoms. The van der Waals surface area contributed by atoms with Gasteiger partial charge in [-0.25, -0.2) is 4.79 Å². The van der Waals surface area contributed by atoms with Gasteiger partial charge in [-0.15, -0.1) is 0 Å². The van der Waals surface area contributed by atoms with E-state index in [-0.39, 0.29) is 11.4 Å². The number of hydrogen-bond donors (Lipinski definition) is 2. The van der Waals surface area contributed by atoms with Crippen molar-refractivity contribution in [3.05, 3.63) is 77.6 Å². The summed E-state index contributed by atoms with van der Waals surface area (Å²) in [6.45, 7) is 6.07. The third kappa shape index (κ3) is 5.45. The summed E-state index contributed by atoms with van der Waals surface area (Å²) in [6.07, 6.45) is 1.96. The summed E-state index contributed by atoms with van der Waals surface area (Å²) in [5.41, 5.74) is 3.13. The zero-order valence-corrected chi connectivity index (χ0v) is 16.0. The summed E-state index contributed by atoms with van der Waals surface area (Å²) in [7, 11) is 0. The molecule has 5 heteroatoms. The molecule has 3 rings (SSSR count). The van der Waals surface area contributed by atoms with E-state index >= 15 is 0 Å². The number of nitrogens with zero attached hydrogens (tertiary/aromatic N) is 1. The first kappa shape index (κ1) is 18.7. The highest BCUT2D eigenvalue weighted by Gasteiger charge is 2.20. The predicted molar refractivity (Wildman–Crippen MR) is 108 cm³/mol. The fraction of sp³-hybridized carbons (Fsp3) is 0.273. The molecule has 1 heterocycles. The van der Waals surface area contributed by atoms with Crippen LogP contribution in [-0.2, 0) is 18.3 Å². The molecule has 2 N–H and O–H groups in total. The molecular formula is C22H25N3O2. The second kappa shape index (κ2) is 8.08. The van der Waals surface area contributed by atoms with Gasteiger partial charge in [-0.1, -0.05) is 68.4 Å². The molecule has 3 aromatic rings. The number of aromatic nitrogens is 1. The molecule has 0 fully saturated rings. The Morgan fingerprint density at radius 3 is 2.15 bits per heavy atom. The lowest BCUT2D eigenvalue weighted by Gasteiger charge is -2.12. The Labute approximate surface area is 159 Å². The second-order valence-electron chi connectivity index (χ2n) is 7.59. The van der Waals surface area contributed by atoms with Gasteiger partial charge >= 0.3 is 6.03 Å². The Kier molecular flexibility index (Phi) is 5.60. The molecule has 0 aliphatic rings. The molecule has 0 saturated carbocycles. The summed E-state index contributed by atoms with van der Waals surface area (Å²) in [4.78, 5) is 12.1. The Morgan fingerprint density at radius 2 is 1.56 bits per heavy atom. The quantitative estimate of drug-likeness (QED) is 0.637. The van der Waals surface area contributed by atoms with Crippen LogP contribution in [0.25, 0.3) is 0 Å². The minimum atomic E-state index is -0.346. The highest BCUT2D eigenvalue weighted by molar-refractivity contribution is 5.99. The van der Waals surface area contributed by atoms with Crippen LogP contribution >= 0.6 is 0 Å². The first-order chi connectivity index (χ1) is 12.9. The van der Waals surface area contributed by atoms with Gasteiger partial charge in [0.1, 0.15) is 5.76 Å². The van der Waals surface area contributed by atoms with Crippen LogP contribution < -0.4 is 10.6 Å². The average Bonchev–Trinajstić information content (AvgIpc) is 3.11. The Hall–Kier alpha value is -3.08. The first-order valence-electron chi connectivity index (χ1n) is 9.08. The zero-order valence-electron chi connectivity index (χ0n) is 16.0. The van der Waals surface area contributed by atoms with E-state index in [0.717, 1.165) is 24.3 Å². The van der Waals surface area contributed by atoms with Gasteiger partial charge in [0.05, 0.1) is 0 Å². The van der Waals surface area contributed by atoms with E-state index in [0.29, 0.717) is 5.82 Å². The van der Waals surface area contributed by atoms with Crippen LogP contribution in [0.2, 0.25) is 0 Å². The van der Waals surface area contributed by atoms with E-state index in [1.165, 1.54) is 11.1 Å². The number of rotatable bonds is 5. The van der Waals surface area contributed by atoms with Gasteiger partial charge in [0.25, 0.3) is 0 Å². The van der Waals surface area contributed by atoms with Crippen LogP contribution in [0.4, 0.5) is 16.3 Å². The van der Waals surface area contributed by atoms with E-state index < -0.39 is 0 Å². The maximum Gasteiger partial charge on any atom is 0.324 e. The Bertz CT molecular complexity index is 878. The minimum absolute atomic E-state index is 0.154. The van der Waals surface area contributed by atoms with Crippen molar-refractivity contribution in [3.63, 3.8) is 0 Å². The molecule has 0 aliphatic heterocycles. The lowest BCUT2D eigenvalue weighted by molar-refractivity contribution is 0.262. The normalized spacial score (nSPS) is 11.2. The van der Waals surface area contributed by atoms with Gasteiger partial charge in [0.15, 0.2) is 5.82 Å². The molecule has 0 atom stereocenters. The summed E-state index contributed by atoms with van der Waals surface area (Å²) in [6, 6.07) is 19.7. The van der Waals surface area contributed by atoms with Crippen molar-refractivity contribution in [1.29, 1.82) is 0 Å². The second-order valence-corrected chi connectivity index (χ2v) is 7.59. The van der Waals surface area contributed by atoms with Gasteiger partial charge in [-0.05, 0) is 36.1 Å². The fourth-order valence-corrected chi connectivity index (χ4v) is 2.65. The fourth-order valence-electron chi connectivity index (χ4n) is 2.65. The molecule has 27 heavy (non-hydrogen) atoms. The number of aryl methyl sites for hydroxylation is 2. The molecular weight excluding hydrogens is 338 g/mol. The van der Waals surface area contributed by atoms with Crippen LogP contribution in [0.3, 0.4) is 0 Å². The topological polar surface area (TPSA) is 67.2 Å². The molecule has 2 amide bonds. The number of anilines is 2. The first-order valence-corrected chi connectivity index (χ1v) is 9.08. The van der Waals surface area contributed by atoms with Crippen LogP contribution in [0.1, 0.15) is 37.7 Å². The van der Waals surface area contributed by atoms with Crippen molar-refractivity contribution in [2.45, 2.75) is 39.0 Å². The summed E-state index contributed by atoms with van der Waals surface area (Å²) < 4.78 is 5.27. The molecule has 0 bridgehead atoms. The molecule has 5 nitrogen and oxygen atoms in total.